The van der Waals surface area contributed by atoms with Gasteiger partial charge in [-0.1, -0.05) is 0 Å². The minimum atomic E-state index is -1.54. The van der Waals surface area contributed by atoms with Gasteiger partial charge in [-0.05, 0) is 18.6 Å². The van der Waals surface area contributed by atoms with Crippen LogP contribution in [0.1, 0.15) is 72.3 Å². The number of aromatic hydroxyl groups is 4. The predicted molar refractivity (Wildman–Crippen MR) is 108 cm³/mol. The van der Waals surface area contributed by atoms with Crippen molar-refractivity contribution in [2.75, 3.05) is 6.61 Å². The van der Waals surface area contributed by atoms with E-state index in [0.717, 1.165) is 6.07 Å². The van der Waals surface area contributed by atoms with Crippen LogP contribution in [0.5, 0.6) is 23.0 Å². The van der Waals surface area contributed by atoms with Crippen LogP contribution >= 0.6 is 0 Å². The minimum Gasteiger partial charge on any atom is -0.507 e. The van der Waals surface area contributed by atoms with Crippen LogP contribution in [0.15, 0.2) is 6.07 Å². The van der Waals surface area contributed by atoms with Crippen LogP contribution in [0.4, 0.5) is 0 Å². The van der Waals surface area contributed by atoms with Crippen molar-refractivity contribution in [3.8, 4) is 23.0 Å². The van der Waals surface area contributed by atoms with E-state index in [9.17, 15) is 50.1 Å². The van der Waals surface area contributed by atoms with Crippen molar-refractivity contribution in [3.63, 3.8) is 0 Å². The van der Waals surface area contributed by atoms with E-state index in [4.69, 9.17) is 4.74 Å². The lowest BCUT2D eigenvalue weighted by molar-refractivity contribution is -0.114. The van der Waals surface area contributed by atoms with E-state index in [-0.39, 0.29) is 24.0 Å². The molecule has 0 amide bonds. The fraction of sp³-hybridized carbons (Fsp3) is 0.318. The summed E-state index contributed by atoms with van der Waals surface area (Å²) < 4.78 is 5.57. The highest BCUT2D eigenvalue weighted by Crippen LogP contribution is 2.51. The summed E-state index contributed by atoms with van der Waals surface area (Å²) in [4.78, 5) is 38.0. The lowest BCUT2D eigenvalue weighted by atomic mass is 9.78. The van der Waals surface area contributed by atoms with Crippen molar-refractivity contribution in [1.82, 2.24) is 0 Å². The Kier molecular flexibility index (Phi) is 5.27. The molecule has 0 spiro atoms. The number of fused-ring (bicyclic) bond motifs is 2. The molecule has 2 aliphatic rings. The normalized spacial score (nSPS) is 22.1. The van der Waals surface area contributed by atoms with E-state index in [1.807, 2.05) is 0 Å². The van der Waals surface area contributed by atoms with Crippen molar-refractivity contribution in [1.29, 1.82) is 0 Å². The van der Waals surface area contributed by atoms with Gasteiger partial charge in [0.05, 0.1) is 41.6 Å². The Morgan fingerprint density at radius 1 is 1.00 bits per heavy atom. The van der Waals surface area contributed by atoms with Gasteiger partial charge in [0.1, 0.15) is 17.1 Å². The SMILES string of the molecule is Cc1c(C(=O)O)c(O)cc2c1C(=O)c1c(O)c([C@@H]3C[C@@H](O)C[C@@H](CO)O3)c(O)c(O)c1C2=O. The third kappa shape index (κ3) is 3.20. The molecule has 11 nitrogen and oxygen atoms in total. The van der Waals surface area contributed by atoms with Crippen LogP contribution in [0.2, 0.25) is 0 Å². The number of carboxylic acids is 1. The fourth-order valence-electron chi connectivity index (χ4n) is 4.57. The van der Waals surface area contributed by atoms with Crippen LogP contribution in [0.3, 0.4) is 0 Å². The van der Waals surface area contributed by atoms with Crippen molar-refractivity contribution < 1.29 is 54.9 Å². The first-order valence-electron chi connectivity index (χ1n) is 9.93. The molecule has 0 bridgehead atoms. The van der Waals surface area contributed by atoms with E-state index < -0.39 is 93.3 Å². The highest BCUT2D eigenvalue weighted by atomic mass is 16.5. The first-order chi connectivity index (χ1) is 15.5. The summed E-state index contributed by atoms with van der Waals surface area (Å²) in [6.45, 7) is 0.736. The first-order valence-corrected chi connectivity index (χ1v) is 9.93. The summed E-state index contributed by atoms with van der Waals surface area (Å²) in [6, 6.07) is 0.781. The molecule has 33 heavy (non-hydrogen) atoms. The highest BCUT2D eigenvalue weighted by Gasteiger charge is 2.43. The van der Waals surface area contributed by atoms with Crippen molar-refractivity contribution in [3.05, 3.63) is 45.0 Å². The maximum Gasteiger partial charge on any atom is 0.339 e. The molecule has 4 rings (SSSR count). The summed E-state index contributed by atoms with van der Waals surface area (Å²) >= 11 is 0. The Morgan fingerprint density at radius 2 is 1.64 bits per heavy atom. The van der Waals surface area contributed by atoms with E-state index >= 15 is 0 Å². The number of hydrogen-bond acceptors (Lipinski definition) is 10. The molecular formula is C22H20O11. The summed E-state index contributed by atoms with van der Waals surface area (Å²) in [5.41, 5.74) is -3.46. The number of aliphatic hydroxyl groups is 2. The molecule has 0 radical (unpaired) electrons. The van der Waals surface area contributed by atoms with Gasteiger partial charge in [0.25, 0.3) is 0 Å². The molecule has 1 fully saturated rings. The third-order valence-corrected chi connectivity index (χ3v) is 6.06. The quantitative estimate of drug-likeness (QED) is 0.216. The van der Waals surface area contributed by atoms with Gasteiger partial charge in [0.15, 0.2) is 23.1 Å². The number of rotatable bonds is 3. The van der Waals surface area contributed by atoms with Crippen LogP contribution in [-0.2, 0) is 4.74 Å². The number of ether oxygens (including phenoxy) is 1. The first kappa shape index (κ1) is 22.5. The smallest absolute Gasteiger partial charge is 0.339 e. The largest absolute Gasteiger partial charge is 0.507 e. The number of carbonyl (C=O) groups is 3. The van der Waals surface area contributed by atoms with Crippen molar-refractivity contribution in [2.24, 2.45) is 0 Å². The summed E-state index contributed by atoms with van der Waals surface area (Å²) in [5.74, 6) is -7.21. The Bertz CT molecular complexity index is 1230. The van der Waals surface area contributed by atoms with Gasteiger partial charge < -0.3 is 40.5 Å². The van der Waals surface area contributed by atoms with Gasteiger partial charge in [0.2, 0.25) is 0 Å². The molecule has 2 aromatic carbocycles. The van der Waals surface area contributed by atoms with E-state index in [2.05, 4.69) is 0 Å². The van der Waals surface area contributed by atoms with Crippen molar-refractivity contribution in [2.45, 2.75) is 38.1 Å². The second-order valence-corrected chi connectivity index (χ2v) is 8.05. The molecule has 174 valence electrons. The molecule has 1 heterocycles. The zero-order valence-corrected chi connectivity index (χ0v) is 17.2. The molecule has 3 atom stereocenters. The number of hydrogen-bond donors (Lipinski definition) is 7. The summed E-state index contributed by atoms with van der Waals surface area (Å²) in [6.07, 6.45) is -3.14. The minimum absolute atomic E-state index is 0.0802. The lowest BCUT2D eigenvalue weighted by Crippen LogP contribution is -2.34. The molecule has 2 aromatic rings. The average Bonchev–Trinajstić information content (AvgIpc) is 2.73. The number of phenols is 4. The summed E-state index contributed by atoms with van der Waals surface area (Å²) in [5, 5.41) is 71.1. The zero-order valence-electron chi connectivity index (χ0n) is 17.2. The van der Waals surface area contributed by atoms with E-state index in [1.165, 1.54) is 6.92 Å². The number of phenolic OH excluding ortho intramolecular Hbond substituents is 3. The predicted octanol–water partition coefficient (Wildman–Crippen LogP) is 0.864. The number of benzene rings is 2. The topological polar surface area (TPSA) is 202 Å². The molecular weight excluding hydrogens is 440 g/mol. The molecule has 11 heteroatoms. The van der Waals surface area contributed by atoms with Gasteiger partial charge >= 0.3 is 5.97 Å². The number of aliphatic hydroxyl groups excluding tert-OH is 2. The number of ketones is 2. The molecule has 0 aromatic heterocycles. The maximum atomic E-state index is 13.4. The van der Waals surface area contributed by atoms with Gasteiger partial charge in [-0.25, -0.2) is 4.79 Å². The second kappa shape index (κ2) is 7.73. The van der Waals surface area contributed by atoms with Gasteiger partial charge in [0, 0.05) is 24.0 Å². The number of carbonyl (C=O) groups excluding carboxylic acids is 2. The van der Waals surface area contributed by atoms with E-state index in [0.29, 0.717) is 0 Å². The third-order valence-electron chi connectivity index (χ3n) is 6.06. The molecule has 0 saturated carbocycles. The van der Waals surface area contributed by atoms with Gasteiger partial charge in [-0.3, -0.25) is 9.59 Å². The zero-order chi connectivity index (χ0) is 24.4. The number of carboxylic acid groups (broad SMARTS) is 1. The average molecular weight is 460 g/mol. The maximum absolute atomic E-state index is 13.4. The molecule has 0 unspecified atom stereocenters. The Balaban J connectivity index is 1.97. The monoisotopic (exact) mass is 460 g/mol. The summed E-state index contributed by atoms with van der Waals surface area (Å²) in [7, 11) is 0. The van der Waals surface area contributed by atoms with E-state index in [1.54, 1.807) is 0 Å². The van der Waals surface area contributed by atoms with Crippen LogP contribution in [0.25, 0.3) is 0 Å². The fourth-order valence-corrected chi connectivity index (χ4v) is 4.57. The molecule has 1 aliphatic carbocycles. The van der Waals surface area contributed by atoms with Gasteiger partial charge in [-0.15, -0.1) is 0 Å². The molecule has 1 saturated heterocycles. The van der Waals surface area contributed by atoms with Crippen LogP contribution in [-0.4, -0.2) is 72.1 Å². The molecule has 7 N–H and O–H groups in total. The van der Waals surface area contributed by atoms with Gasteiger partial charge in [-0.2, -0.15) is 0 Å². The second-order valence-electron chi connectivity index (χ2n) is 8.05. The molecule has 1 aliphatic heterocycles. The van der Waals surface area contributed by atoms with Crippen LogP contribution in [0, 0.1) is 6.92 Å². The van der Waals surface area contributed by atoms with Crippen LogP contribution < -0.4 is 0 Å². The highest BCUT2D eigenvalue weighted by molar-refractivity contribution is 6.31. The Labute approximate surface area is 185 Å². The number of aromatic carboxylic acids is 1. The van der Waals surface area contributed by atoms with Crippen molar-refractivity contribution >= 4 is 17.5 Å². The lowest BCUT2D eigenvalue weighted by Gasteiger charge is -2.34. The standard InChI is InChI=1S/C22H20O11/c1-6-12-9(4-10(25)13(6)22(31)32)17(26)15-16(18(12)27)19(28)14(20(29)21(15)30)11-3-7(24)2-8(5-23)33-11/h4,7-8,11,23-25,28-30H,2-3,5H2,1H3,(H,31,32)/t7-,8-,11-/m0/s1. The Morgan fingerprint density at radius 3 is 2.24 bits per heavy atom. The Hall–Kier alpha value is -3.67.